The van der Waals surface area contributed by atoms with Gasteiger partial charge in [-0.05, 0) is 20.3 Å². The molecule has 0 saturated heterocycles. The second-order valence-electron chi connectivity index (χ2n) is 6.46. The molecule has 0 unspecified atom stereocenters. The number of anilines is 1. The Bertz CT molecular complexity index is 935. The van der Waals surface area contributed by atoms with Gasteiger partial charge in [-0.3, -0.25) is 4.79 Å². The Morgan fingerprint density at radius 1 is 1.22 bits per heavy atom. The number of unbranched alkanes of at least 4 members (excludes halogenated alkanes) is 1. The van der Waals surface area contributed by atoms with Crippen LogP contribution in [0.1, 0.15) is 47.3 Å². The smallest absolute Gasteiger partial charge is 0.254 e. The van der Waals surface area contributed by atoms with Crippen LogP contribution in [-0.2, 0) is 6.42 Å². The highest BCUT2D eigenvalue weighted by Gasteiger charge is 2.12. The first-order valence-corrected chi connectivity index (χ1v) is 9.24. The summed E-state index contributed by atoms with van der Waals surface area (Å²) in [6, 6.07) is 3.72. The monoisotopic (exact) mass is 367 g/mol. The van der Waals surface area contributed by atoms with Gasteiger partial charge in [-0.2, -0.15) is 5.10 Å². The summed E-state index contributed by atoms with van der Waals surface area (Å²) in [5.41, 5.74) is 2.95. The van der Waals surface area contributed by atoms with Gasteiger partial charge in [0.15, 0.2) is 5.65 Å². The van der Waals surface area contributed by atoms with Crippen LogP contribution < -0.4 is 10.6 Å². The highest BCUT2D eigenvalue weighted by Crippen LogP contribution is 2.10. The first kappa shape index (κ1) is 18.8. The molecule has 0 aliphatic heterocycles. The molecule has 0 atom stereocenters. The van der Waals surface area contributed by atoms with Gasteiger partial charge in [-0.15, -0.1) is 0 Å². The molecule has 8 nitrogen and oxygen atoms in total. The Labute approximate surface area is 158 Å². The number of carbonyl (C=O) groups is 1. The molecule has 0 radical (unpaired) electrons. The summed E-state index contributed by atoms with van der Waals surface area (Å²) in [4.78, 5) is 25.7. The van der Waals surface area contributed by atoms with Crippen molar-refractivity contribution in [3.63, 3.8) is 0 Å². The normalized spacial score (nSPS) is 10.9. The van der Waals surface area contributed by atoms with E-state index in [0.717, 1.165) is 47.9 Å². The van der Waals surface area contributed by atoms with Crippen LogP contribution in [0.3, 0.4) is 0 Å². The van der Waals surface area contributed by atoms with E-state index in [1.165, 1.54) is 0 Å². The van der Waals surface area contributed by atoms with Crippen LogP contribution in [0.4, 0.5) is 5.82 Å². The Balaban J connectivity index is 1.54. The first-order chi connectivity index (χ1) is 13.1. The van der Waals surface area contributed by atoms with E-state index in [9.17, 15) is 4.79 Å². The van der Waals surface area contributed by atoms with Crippen LogP contribution in [0.5, 0.6) is 0 Å². The average Bonchev–Trinajstić information content (AvgIpc) is 3.13. The molecule has 3 rings (SSSR count). The molecule has 27 heavy (non-hydrogen) atoms. The second-order valence-corrected chi connectivity index (χ2v) is 6.46. The van der Waals surface area contributed by atoms with Gasteiger partial charge >= 0.3 is 0 Å². The fourth-order valence-corrected chi connectivity index (χ4v) is 2.84. The van der Waals surface area contributed by atoms with Gasteiger partial charge < -0.3 is 10.6 Å². The minimum Gasteiger partial charge on any atom is -0.368 e. The maximum absolute atomic E-state index is 12.4. The van der Waals surface area contributed by atoms with E-state index in [0.29, 0.717) is 18.7 Å². The summed E-state index contributed by atoms with van der Waals surface area (Å²) in [6.45, 7) is 7.02. The van der Waals surface area contributed by atoms with E-state index in [-0.39, 0.29) is 5.91 Å². The molecule has 0 aliphatic rings. The number of nitrogens with zero attached hydrogens (tertiary/aromatic N) is 5. The van der Waals surface area contributed by atoms with Gasteiger partial charge in [0.1, 0.15) is 11.6 Å². The Morgan fingerprint density at radius 2 is 2.07 bits per heavy atom. The maximum atomic E-state index is 12.4. The van der Waals surface area contributed by atoms with Crippen molar-refractivity contribution in [2.45, 2.75) is 40.0 Å². The lowest BCUT2D eigenvalue weighted by molar-refractivity contribution is 0.0953. The predicted octanol–water partition coefficient (Wildman–Crippen LogP) is 2.32. The number of hydrogen-bond donors (Lipinski definition) is 2. The SMILES string of the molecule is CCCCc1nc(C)cc(NCCNC(=O)c2cnc3ccnn3c2C)n1. The van der Waals surface area contributed by atoms with Crippen molar-refractivity contribution in [1.82, 2.24) is 29.9 Å². The lowest BCUT2D eigenvalue weighted by Gasteiger charge is -2.10. The first-order valence-electron chi connectivity index (χ1n) is 9.24. The minimum absolute atomic E-state index is 0.165. The molecule has 0 aliphatic carbocycles. The van der Waals surface area contributed by atoms with Crippen molar-refractivity contribution < 1.29 is 4.79 Å². The summed E-state index contributed by atoms with van der Waals surface area (Å²) in [6.07, 6.45) is 6.33. The Kier molecular flexibility index (Phi) is 5.95. The van der Waals surface area contributed by atoms with E-state index in [1.54, 1.807) is 23.0 Å². The molecular weight excluding hydrogens is 342 g/mol. The number of hydrogen-bond acceptors (Lipinski definition) is 6. The van der Waals surface area contributed by atoms with E-state index >= 15 is 0 Å². The van der Waals surface area contributed by atoms with Crippen LogP contribution in [0.15, 0.2) is 24.5 Å². The van der Waals surface area contributed by atoms with Crippen molar-refractivity contribution in [1.29, 1.82) is 0 Å². The third kappa shape index (κ3) is 4.58. The van der Waals surface area contributed by atoms with E-state index in [2.05, 4.69) is 37.6 Å². The molecule has 142 valence electrons. The fourth-order valence-electron chi connectivity index (χ4n) is 2.84. The number of rotatable bonds is 8. The summed E-state index contributed by atoms with van der Waals surface area (Å²) in [5.74, 6) is 1.48. The third-order valence-electron chi connectivity index (χ3n) is 4.27. The molecule has 2 N–H and O–H groups in total. The van der Waals surface area contributed by atoms with Crippen LogP contribution in [-0.4, -0.2) is 43.6 Å². The molecule has 8 heteroatoms. The van der Waals surface area contributed by atoms with Crippen LogP contribution in [0.2, 0.25) is 0 Å². The van der Waals surface area contributed by atoms with Crippen LogP contribution >= 0.6 is 0 Å². The van der Waals surface area contributed by atoms with E-state index < -0.39 is 0 Å². The van der Waals surface area contributed by atoms with Crippen LogP contribution in [0, 0.1) is 13.8 Å². The average molecular weight is 367 g/mol. The number of amides is 1. The number of nitrogens with one attached hydrogen (secondary N) is 2. The van der Waals surface area contributed by atoms with Gasteiger partial charge in [-0.25, -0.2) is 19.5 Å². The summed E-state index contributed by atoms with van der Waals surface area (Å²) in [7, 11) is 0. The van der Waals surface area contributed by atoms with Gasteiger partial charge in [0.2, 0.25) is 0 Å². The maximum Gasteiger partial charge on any atom is 0.254 e. The molecule has 1 amide bonds. The molecule has 0 aromatic carbocycles. The lowest BCUT2D eigenvalue weighted by Crippen LogP contribution is -2.30. The lowest BCUT2D eigenvalue weighted by atomic mass is 10.2. The molecule has 0 bridgehead atoms. The number of aromatic nitrogens is 5. The van der Waals surface area contributed by atoms with Crippen molar-refractivity contribution in [2.24, 2.45) is 0 Å². The Morgan fingerprint density at radius 3 is 2.89 bits per heavy atom. The number of aryl methyl sites for hydroxylation is 3. The van der Waals surface area contributed by atoms with E-state index in [1.807, 2.05) is 19.9 Å². The van der Waals surface area contributed by atoms with Gasteiger partial charge in [0, 0.05) is 43.5 Å². The van der Waals surface area contributed by atoms with Crippen molar-refractivity contribution >= 4 is 17.4 Å². The van der Waals surface area contributed by atoms with Crippen molar-refractivity contribution in [3.05, 3.63) is 47.3 Å². The van der Waals surface area contributed by atoms with Gasteiger partial charge in [0.05, 0.1) is 17.5 Å². The fraction of sp³-hybridized carbons (Fsp3) is 0.421. The Hall–Kier alpha value is -3.03. The molecule has 0 fully saturated rings. The zero-order valence-corrected chi connectivity index (χ0v) is 16.0. The number of carbonyl (C=O) groups excluding carboxylic acids is 1. The molecule has 0 saturated carbocycles. The quantitative estimate of drug-likeness (QED) is 0.593. The molecule has 3 heterocycles. The summed E-state index contributed by atoms with van der Waals surface area (Å²) < 4.78 is 1.66. The van der Waals surface area contributed by atoms with Gasteiger partial charge in [-0.1, -0.05) is 13.3 Å². The summed E-state index contributed by atoms with van der Waals surface area (Å²) in [5, 5.41) is 10.3. The van der Waals surface area contributed by atoms with Crippen LogP contribution in [0.25, 0.3) is 5.65 Å². The largest absolute Gasteiger partial charge is 0.368 e. The van der Waals surface area contributed by atoms with E-state index in [4.69, 9.17) is 0 Å². The van der Waals surface area contributed by atoms with Gasteiger partial charge in [0.25, 0.3) is 5.91 Å². The number of fused-ring (bicyclic) bond motifs is 1. The predicted molar refractivity (Wildman–Crippen MR) is 104 cm³/mol. The minimum atomic E-state index is -0.165. The molecule has 0 spiro atoms. The highest BCUT2D eigenvalue weighted by molar-refractivity contribution is 5.95. The standard InChI is InChI=1S/C19H25N7O/c1-4-5-6-16-24-13(2)11-17(25-16)20-9-10-21-19(27)15-12-22-18-7-8-23-26(18)14(15)3/h7-8,11-12H,4-6,9-10H2,1-3H3,(H,21,27)(H,20,24,25). The van der Waals surface area contributed by atoms with Crippen molar-refractivity contribution in [3.8, 4) is 0 Å². The highest BCUT2D eigenvalue weighted by atomic mass is 16.1. The van der Waals surface area contributed by atoms with Crippen molar-refractivity contribution in [2.75, 3.05) is 18.4 Å². The molecular formula is C19H25N7O. The zero-order valence-electron chi connectivity index (χ0n) is 16.0. The summed E-state index contributed by atoms with van der Waals surface area (Å²) >= 11 is 0. The molecule has 3 aromatic rings. The zero-order chi connectivity index (χ0) is 19.2. The molecule has 3 aromatic heterocycles. The topological polar surface area (TPSA) is 97.1 Å². The second kappa shape index (κ2) is 8.57. The third-order valence-corrected chi connectivity index (χ3v) is 4.27.